The van der Waals surface area contributed by atoms with E-state index in [4.69, 9.17) is 14.2 Å². The molecule has 31 heavy (non-hydrogen) atoms. The van der Waals surface area contributed by atoms with E-state index in [1.54, 1.807) is 37.4 Å². The molecule has 2 aromatic rings. The van der Waals surface area contributed by atoms with Gasteiger partial charge in [0.15, 0.2) is 11.5 Å². The topological polar surface area (TPSA) is 124 Å². The van der Waals surface area contributed by atoms with Gasteiger partial charge in [0.25, 0.3) is 11.6 Å². The molecule has 9 heteroatoms. The van der Waals surface area contributed by atoms with E-state index in [1.165, 1.54) is 25.3 Å². The third kappa shape index (κ3) is 7.13. The van der Waals surface area contributed by atoms with Crippen molar-refractivity contribution in [2.75, 3.05) is 27.4 Å². The number of carbonyl (C=O) groups is 1. The Labute approximate surface area is 180 Å². The summed E-state index contributed by atoms with van der Waals surface area (Å²) in [6.45, 7) is 1.12. The minimum atomic E-state index is -0.463. The maximum Gasteiger partial charge on any atom is 0.269 e. The van der Waals surface area contributed by atoms with Gasteiger partial charge in [0, 0.05) is 32.4 Å². The zero-order chi connectivity index (χ0) is 22.6. The number of nitrogens with zero attached hydrogens (tertiary/aromatic N) is 2. The van der Waals surface area contributed by atoms with Gasteiger partial charge in [-0.05, 0) is 47.9 Å². The molecule has 2 aromatic carbocycles. The molecule has 0 aliphatic carbocycles. The molecule has 0 atom stereocenters. The van der Waals surface area contributed by atoms with Gasteiger partial charge in [-0.2, -0.15) is 5.26 Å². The summed E-state index contributed by atoms with van der Waals surface area (Å²) in [5.74, 6) is 0.421. The van der Waals surface area contributed by atoms with E-state index in [0.29, 0.717) is 36.6 Å². The molecular weight excluding hydrogens is 402 g/mol. The molecule has 1 amide bonds. The van der Waals surface area contributed by atoms with E-state index in [-0.39, 0.29) is 17.9 Å². The van der Waals surface area contributed by atoms with Crippen molar-refractivity contribution in [2.45, 2.75) is 13.0 Å². The van der Waals surface area contributed by atoms with E-state index >= 15 is 0 Å². The average Bonchev–Trinajstić information content (AvgIpc) is 2.79. The van der Waals surface area contributed by atoms with Gasteiger partial charge in [-0.25, -0.2) is 0 Å². The number of hydrogen-bond donors (Lipinski definition) is 1. The highest BCUT2D eigenvalue weighted by molar-refractivity contribution is 6.01. The van der Waals surface area contributed by atoms with Crippen LogP contribution in [0.25, 0.3) is 6.08 Å². The van der Waals surface area contributed by atoms with Gasteiger partial charge in [0.2, 0.25) is 0 Å². The Morgan fingerprint density at radius 2 is 1.94 bits per heavy atom. The van der Waals surface area contributed by atoms with Crippen molar-refractivity contribution < 1.29 is 23.9 Å². The lowest BCUT2D eigenvalue weighted by Gasteiger charge is -2.11. The van der Waals surface area contributed by atoms with Crippen LogP contribution < -0.4 is 14.8 Å². The molecule has 0 saturated heterocycles. The first-order valence-corrected chi connectivity index (χ1v) is 9.41. The summed E-state index contributed by atoms with van der Waals surface area (Å²) >= 11 is 0. The second-order valence-electron chi connectivity index (χ2n) is 6.39. The van der Waals surface area contributed by atoms with Crippen LogP contribution >= 0.6 is 0 Å². The highest BCUT2D eigenvalue weighted by Crippen LogP contribution is 2.30. The largest absolute Gasteiger partial charge is 0.493 e. The van der Waals surface area contributed by atoms with Crippen LogP contribution in [0.5, 0.6) is 11.5 Å². The molecule has 0 bridgehead atoms. The Balaban J connectivity index is 2.07. The predicted octanol–water partition coefficient (Wildman–Crippen LogP) is 3.24. The quantitative estimate of drug-likeness (QED) is 0.193. The van der Waals surface area contributed by atoms with Gasteiger partial charge in [-0.3, -0.25) is 14.9 Å². The first-order valence-electron chi connectivity index (χ1n) is 9.41. The first-order chi connectivity index (χ1) is 15.0. The number of nitriles is 1. The van der Waals surface area contributed by atoms with Crippen molar-refractivity contribution in [3.8, 4) is 17.6 Å². The van der Waals surface area contributed by atoms with E-state index in [2.05, 4.69) is 5.32 Å². The molecule has 0 spiro atoms. The zero-order valence-electron chi connectivity index (χ0n) is 17.3. The Morgan fingerprint density at radius 1 is 1.19 bits per heavy atom. The van der Waals surface area contributed by atoms with Crippen LogP contribution in [0.1, 0.15) is 17.5 Å². The lowest BCUT2D eigenvalue weighted by Crippen LogP contribution is -2.26. The summed E-state index contributed by atoms with van der Waals surface area (Å²) < 4.78 is 16.0. The second kappa shape index (κ2) is 11.9. The summed E-state index contributed by atoms with van der Waals surface area (Å²) in [6.07, 6.45) is 2.11. The van der Waals surface area contributed by atoms with Crippen molar-refractivity contribution in [1.29, 1.82) is 5.26 Å². The summed E-state index contributed by atoms with van der Waals surface area (Å²) in [5, 5.41) is 22.7. The fraction of sp³-hybridized carbons (Fsp3) is 0.273. The minimum Gasteiger partial charge on any atom is -0.493 e. The van der Waals surface area contributed by atoms with Crippen LogP contribution in [0.4, 0.5) is 5.69 Å². The van der Waals surface area contributed by atoms with Crippen LogP contribution in [-0.2, 0) is 16.1 Å². The highest BCUT2D eigenvalue weighted by atomic mass is 16.6. The Morgan fingerprint density at radius 3 is 2.55 bits per heavy atom. The van der Waals surface area contributed by atoms with Crippen LogP contribution in [0, 0.1) is 21.4 Å². The summed E-state index contributed by atoms with van der Waals surface area (Å²) in [6, 6.07) is 13.0. The minimum absolute atomic E-state index is 0.00787. The van der Waals surface area contributed by atoms with Gasteiger partial charge in [-0.15, -0.1) is 0 Å². The maximum absolute atomic E-state index is 12.1. The molecule has 0 saturated carbocycles. The Bertz CT molecular complexity index is 980. The van der Waals surface area contributed by atoms with E-state index in [1.807, 2.05) is 6.07 Å². The number of nitro benzene ring substituents is 1. The van der Waals surface area contributed by atoms with Crippen molar-refractivity contribution >= 4 is 17.7 Å². The fourth-order valence-electron chi connectivity index (χ4n) is 2.60. The molecule has 1 N–H and O–H groups in total. The number of rotatable bonds is 11. The molecule has 9 nitrogen and oxygen atoms in total. The molecular formula is C22H23N3O6. The fourth-order valence-corrected chi connectivity index (χ4v) is 2.60. The third-order valence-electron chi connectivity index (χ3n) is 4.22. The number of nitro groups is 1. The van der Waals surface area contributed by atoms with Crippen molar-refractivity contribution in [1.82, 2.24) is 5.32 Å². The van der Waals surface area contributed by atoms with Crippen molar-refractivity contribution in [3.05, 3.63) is 69.3 Å². The number of methoxy groups -OCH3 is 2. The number of carbonyl (C=O) groups excluding carboxylic acids is 1. The number of nitrogens with one attached hydrogen (secondary N) is 1. The second-order valence-corrected chi connectivity index (χ2v) is 6.39. The van der Waals surface area contributed by atoms with Gasteiger partial charge < -0.3 is 19.5 Å². The normalized spacial score (nSPS) is 10.8. The van der Waals surface area contributed by atoms with Gasteiger partial charge >= 0.3 is 0 Å². The molecule has 0 heterocycles. The molecule has 162 valence electrons. The smallest absolute Gasteiger partial charge is 0.269 e. The van der Waals surface area contributed by atoms with Crippen LogP contribution in [0.15, 0.2) is 48.0 Å². The zero-order valence-corrected chi connectivity index (χ0v) is 17.3. The molecule has 0 fully saturated rings. The SMILES string of the molecule is COCCCNC(=O)/C(C#N)=C/c1ccc(OCc2ccc([N+](=O)[O-])cc2)c(OC)c1. The highest BCUT2D eigenvalue weighted by Gasteiger charge is 2.11. The number of hydrogen-bond acceptors (Lipinski definition) is 7. The van der Waals surface area contributed by atoms with Gasteiger partial charge in [0.05, 0.1) is 12.0 Å². The molecule has 2 rings (SSSR count). The summed E-state index contributed by atoms with van der Waals surface area (Å²) in [7, 11) is 3.06. The van der Waals surface area contributed by atoms with Crippen LogP contribution in [0.2, 0.25) is 0 Å². The summed E-state index contributed by atoms with van der Waals surface area (Å²) in [4.78, 5) is 22.4. The van der Waals surface area contributed by atoms with E-state index < -0.39 is 10.8 Å². The number of benzene rings is 2. The first kappa shape index (κ1) is 23.4. The summed E-state index contributed by atoms with van der Waals surface area (Å²) in [5.41, 5.74) is 1.34. The van der Waals surface area contributed by atoms with Gasteiger partial charge in [0.1, 0.15) is 18.2 Å². The van der Waals surface area contributed by atoms with Crippen molar-refractivity contribution in [3.63, 3.8) is 0 Å². The predicted molar refractivity (Wildman–Crippen MR) is 114 cm³/mol. The van der Waals surface area contributed by atoms with Crippen molar-refractivity contribution in [2.24, 2.45) is 0 Å². The molecule has 0 radical (unpaired) electrons. The van der Waals surface area contributed by atoms with Crippen LogP contribution in [-0.4, -0.2) is 38.2 Å². The van der Waals surface area contributed by atoms with Crippen LogP contribution in [0.3, 0.4) is 0 Å². The number of amides is 1. The Hall–Kier alpha value is -3.90. The lowest BCUT2D eigenvalue weighted by atomic mass is 10.1. The number of ether oxygens (including phenoxy) is 3. The Kier molecular flexibility index (Phi) is 9.01. The standard InChI is InChI=1S/C22H23N3O6/c1-29-11-3-10-24-22(26)18(14-23)12-17-6-9-20(21(13-17)30-2)31-15-16-4-7-19(8-5-16)25(27)28/h4-9,12-13H,3,10-11,15H2,1-2H3,(H,24,26)/b18-12+. The third-order valence-corrected chi connectivity index (χ3v) is 4.22. The van der Waals surface area contributed by atoms with E-state index in [0.717, 1.165) is 5.56 Å². The lowest BCUT2D eigenvalue weighted by molar-refractivity contribution is -0.384. The maximum atomic E-state index is 12.1. The molecule has 0 aliphatic rings. The molecule has 0 unspecified atom stereocenters. The average molecular weight is 425 g/mol. The number of non-ortho nitro benzene ring substituents is 1. The van der Waals surface area contributed by atoms with Gasteiger partial charge in [-0.1, -0.05) is 6.07 Å². The molecule has 0 aliphatic heterocycles. The molecule has 0 aromatic heterocycles. The van der Waals surface area contributed by atoms with E-state index in [9.17, 15) is 20.2 Å². The monoisotopic (exact) mass is 425 g/mol.